The van der Waals surface area contributed by atoms with E-state index in [4.69, 9.17) is 11.6 Å². The third-order valence-electron chi connectivity index (χ3n) is 3.68. The van der Waals surface area contributed by atoms with Gasteiger partial charge in [-0.1, -0.05) is 23.7 Å². The normalized spacial score (nSPS) is 10.6. The summed E-state index contributed by atoms with van der Waals surface area (Å²) >= 11 is 6.02. The van der Waals surface area contributed by atoms with Crippen LogP contribution in [0.2, 0.25) is 5.02 Å². The van der Waals surface area contributed by atoms with Crippen molar-refractivity contribution in [2.24, 2.45) is 0 Å². The van der Waals surface area contributed by atoms with Crippen LogP contribution in [0.3, 0.4) is 0 Å². The lowest BCUT2D eigenvalue weighted by molar-refractivity contribution is 0.0949. The van der Waals surface area contributed by atoms with E-state index in [2.05, 4.69) is 15.4 Å². The predicted molar refractivity (Wildman–Crippen MR) is 93.5 cm³/mol. The second-order valence-corrected chi connectivity index (χ2v) is 5.92. The average Bonchev–Trinajstić information content (AvgIpc) is 2.94. The molecule has 0 saturated carbocycles. The van der Waals surface area contributed by atoms with E-state index in [-0.39, 0.29) is 5.91 Å². The number of nitrogens with one attached hydrogen (secondary N) is 1. The quantitative estimate of drug-likeness (QED) is 0.791. The molecule has 2 heterocycles. The Morgan fingerprint density at radius 1 is 1.21 bits per heavy atom. The number of amides is 1. The van der Waals surface area contributed by atoms with Crippen LogP contribution >= 0.6 is 11.6 Å². The van der Waals surface area contributed by atoms with Gasteiger partial charge < -0.3 is 5.32 Å². The molecule has 1 aromatic carbocycles. The zero-order valence-electron chi connectivity index (χ0n) is 13.5. The van der Waals surface area contributed by atoms with Crippen LogP contribution in [-0.2, 0) is 6.54 Å². The van der Waals surface area contributed by atoms with Crippen LogP contribution in [0.1, 0.15) is 27.4 Å². The maximum atomic E-state index is 12.4. The molecule has 6 heteroatoms. The van der Waals surface area contributed by atoms with Crippen molar-refractivity contribution in [3.63, 3.8) is 0 Å². The van der Waals surface area contributed by atoms with E-state index in [1.54, 1.807) is 23.0 Å². The van der Waals surface area contributed by atoms with Crippen molar-refractivity contribution in [3.8, 4) is 5.69 Å². The van der Waals surface area contributed by atoms with Crippen LogP contribution in [-0.4, -0.2) is 20.7 Å². The van der Waals surface area contributed by atoms with Crippen LogP contribution in [0.15, 0.2) is 48.7 Å². The van der Waals surface area contributed by atoms with E-state index in [1.165, 1.54) is 0 Å². The molecule has 0 aliphatic heterocycles. The standard InChI is InChI=1S/C18H17ClN4O/c1-12-5-3-7-15(22-12)10-20-18(24)17-11-21-23(13(17)2)16-8-4-6-14(19)9-16/h3-9,11H,10H2,1-2H3,(H,20,24). The lowest BCUT2D eigenvalue weighted by Crippen LogP contribution is -2.23. The van der Waals surface area contributed by atoms with Gasteiger partial charge in [0.15, 0.2) is 0 Å². The number of rotatable bonds is 4. The molecule has 1 N–H and O–H groups in total. The molecule has 0 unspecified atom stereocenters. The Bertz CT molecular complexity index is 888. The van der Waals surface area contributed by atoms with Crippen LogP contribution in [0, 0.1) is 13.8 Å². The molecule has 3 aromatic rings. The molecule has 2 aromatic heterocycles. The minimum absolute atomic E-state index is 0.177. The van der Waals surface area contributed by atoms with Crippen LogP contribution in [0.4, 0.5) is 0 Å². The number of nitrogens with zero attached hydrogens (tertiary/aromatic N) is 3. The summed E-state index contributed by atoms with van der Waals surface area (Å²) in [5.74, 6) is -0.177. The molecule has 0 spiro atoms. The molecule has 5 nitrogen and oxygen atoms in total. The van der Waals surface area contributed by atoms with E-state index in [0.29, 0.717) is 17.1 Å². The summed E-state index contributed by atoms with van der Waals surface area (Å²) in [6.45, 7) is 4.15. The fraction of sp³-hybridized carbons (Fsp3) is 0.167. The molecule has 0 bridgehead atoms. The minimum Gasteiger partial charge on any atom is -0.346 e. The second-order valence-electron chi connectivity index (χ2n) is 5.49. The fourth-order valence-electron chi connectivity index (χ4n) is 2.46. The largest absolute Gasteiger partial charge is 0.346 e. The number of carbonyl (C=O) groups is 1. The Morgan fingerprint density at radius 2 is 2.00 bits per heavy atom. The Labute approximate surface area is 145 Å². The average molecular weight is 341 g/mol. The van der Waals surface area contributed by atoms with Crippen molar-refractivity contribution >= 4 is 17.5 Å². The summed E-state index contributed by atoms with van der Waals surface area (Å²) in [5, 5.41) is 7.80. The van der Waals surface area contributed by atoms with Crippen molar-refractivity contribution in [1.29, 1.82) is 0 Å². The third kappa shape index (κ3) is 3.46. The van der Waals surface area contributed by atoms with Crippen molar-refractivity contribution in [1.82, 2.24) is 20.1 Å². The van der Waals surface area contributed by atoms with Gasteiger partial charge in [-0.05, 0) is 44.2 Å². The fourth-order valence-corrected chi connectivity index (χ4v) is 2.65. The number of carbonyl (C=O) groups excluding carboxylic acids is 1. The summed E-state index contributed by atoms with van der Waals surface area (Å²) < 4.78 is 1.70. The SMILES string of the molecule is Cc1cccc(CNC(=O)c2cnn(-c3cccc(Cl)c3)c2C)n1. The number of benzene rings is 1. The smallest absolute Gasteiger partial charge is 0.255 e. The van der Waals surface area contributed by atoms with Gasteiger partial charge in [0.1, 0.15) is 0 Å². The van der Waals surface area contributed by atoms with Gasteiger partial charge in [0.2, 0.25) is 0 Å². The van der Waals surface area contributed by atoms with E-state index in [1.807, 2.05) is 44.2 Å². The van der Waals surface area contributed by atoms with Gasteiger partial charge in [-0.3, -0.25) is 9.78 Å². The van der Waals surface area contributed by atoms with Crippen molar-refractivity contribution in [2.75, 3.05) is 0 Å². The number of aryl methyl sites for hydroxylation is 1. The van der Waals surface area contributed by atoms with Crippen molar-refractivity contribution in [3.05, 3.63) is 76.3 Å². The lowest BCUT2D eigenvalue weighted by atomic mass is 10.2. The van der Waals surface area contributed by atoms with Crippen molar-refractivity contribution in [2.45, 2.75) is 20.4 Å². The molecule has 0 atom stereocenters. The monoisotopic (exact) mass is 340 g/mol. The summed E-state index contributed by atoms with van der Waals surface area (Å²) in [5.41, 5.74) is 3.85. The Kier molecular flexibility index (Phi) is 4.62. The van der Waals surface area contributed by atoms with Crippen LogP contribution < -0.4 is 5.32 Å². The van der Waals surface area contributed by atoms with Gasteiger partial charge in [0, 0.05) is 10.7 Å². The predicted octanol–water partition coefficient (Wildman–Crippen LogP) is 3.47. The first-order valence-electron chi connectivity index (χ1n) is 7.56. The number of halogens is 1. The van der Waals surface area contributed by atoms with E-state index in [0.717, 1.165) is 22.8 Å². The minimum atomic E-state index is -0.177. The molecule has 1 amide bonds. The molecule has 122 valence electrons. The van der Waals surface area contributed by atoms with Gasteiger partial charge in [0.05, 0.1) is 35.4 Å². The van der Waals surface area contributed by atoms with Gasteiger partial charge in [0.25, 0.3) is 5.91 Å². The molecule has 0 fully saturated rings. The lowest BCUT2D eigenvalue weighted by Gasteiger charge is -2.07. The molecular formula is C18H17ClN4O. The van der Waals surface area contributed by atoms with Gasteiger partial charge >= 0.3 is 0 Å². The number of hydrogen-bond acceptors (Lipinski definition) is 3. The maximum Gasteiger partial charge on any atom is 0.255 e. The highest BCUT2D eigenvalue weighted by Gasteiger charge is 2.15. The molecule has 24 heavy (non-hydrogen) atoms. The second kappa shape index (κ2) is 6.84. The maximum absolute atomic E-state index is 12.4. The van der Waals surface area contributed by atoms with Gasteiger partial charge in [-0.2, -0.15) is 5.10 Å². The van der Waals surface area contributed by atoms with E-state index >= 15 is 0 Å². The molecule has 0 radical (unpaired) electrons. The zero-order chi connectivity index (χ0) is 17.1. The molecule has 0 aliphatic rings. The number of pyridine rings is 1. The highest BCUT2D eigenvalue weighted by Crippen LogP contribution is 2.18. The van der Waals surface area contributed by atoms with Crippen molar-refractivity contribution < 1.29 is 4.79 Å². The summed E-state index contributed by atoms with van der Waals surface area (Å²) in [6.07, 6.45) is 1.56. The highest BCUT2D eigenvalue weighted by atomic mass is 35.5. The highest BCUT2D eigenvalue weighted by molar-refractivity contribution is 6.30. The summed E-state index contributed by atoms with van der Waals surface area (Å²) in [4.78, 5) is 16.8. The Hall–Kier alpha value is -2.66. The first-order valence-corrected chi connectivity index (χ1v) is 7.93. The molecule has 0 saturated heterocycles. The summed E-state index contributed by atoms with van der Waals surface area (Å²) in [7, 11) is 0. The van der Waals surface area contributed by atoms with Crippen LogP contribution in [0.25, 0.3) is 5.69 Å². The van der Waals surface area contributed by atoms with Gasteiger partial charge in [-0.25, -0.2) is 4.68 Å². The molecule has 0 aliphatic carbocycles. The van der Waals surface area contributed by atoms with E-state index < -0.39 is 0 Å². The summed E-state index contributed by atoms with van der Waals surface area (Å²) in [6, 6.07) is 13.1. The van der Waals surface area contributed by atoms with Crippen LogP contribution in [0.5, 0.6) is 0 Å². The number of aromatic nitrogens is 3. The van der Waals surface area contributed by atoms with Gasteiger partial charge in [-0.15, -0.1) is 0 Å². The first-order chi connectivity index (χ1) is 11.5. The van der Waals surface area contributed by atoms with E-state index in [9.17, 15) is 4.79 Å². The first kappa shape index (κ1) is 16.2. The Balaban J connectivity index is 1.76. The third-order valence-corrected chi connectivity index (χ3v) is 3.92. The number of hydrogen-bond donors (Lipinski definition) is 1. The molecular weight excluding hydrogens is 324 g/mol. The molecule has 3 rings (SSSR count). The topological polar surface area (TPSA) is 59.8 Å². The Morgan fingerprint density at radius 3 is 2.75 bits per heavy atom. The zero-order valence-corrected chi connectivity index (χ0v) is 14.2.